The van der Waals surface area contributed by atoms with Gasteiger partial charge in [-0.3, -0.25) is 4.72 Å². The van der Waals surface area contributed by atoms with Crippen molar-refractivity contribution < 1.29 is 22.4 Å². The summed E-state index contributed by atoms with van der Waals surface area (Å²) in [6.45, 7) is 1.98. The van der Waals surface area contributed by atoms with E-state index in [0.29, 0.717) is 28.0 Å². The fourth-order valence-electron chi connectivity index (χ4n) is 3.39. The number of rotatable bonds is 5. The van der Waals surface area contributed by atoms with Gasteiger partial charge in [0.05, 0.1) is 19.1 Å². The van der Waals surface area contributed by atoms with Crippen molar-refractivity contribution >= 4 is 32.6 Å². The van der Waals surface area contributed by atoms with Crippen LogP contribution in [-0.4, -0.2) is 27.8 Å². The van der Waals surface area contributed by atoms with E-state index in [1.165, 1.54) is 7.11 Å². The first-order chi connectivity index (χ1) is 13.3. The van der Waals surface area contributed by atoms with Crippen LogP contribution in [0.2, 0.25) is 0 Å². The van der Waals surface area contributed by atoms with Crippen LogP contribution in [0.3, 0.4) is 0 Å². The molecule has 1 heterocycles. The van der Waals surface area contributed by atoms with Crippen molar-refractivity contribution in [2.45, 2.75) is 25.7 Å². The molecule has 0 aliphatic heterocycles. The van der Waals surface area contributed by atoms with E-state index >= 15 is 0 Å². The summed E-state index contributed by atoms with van der Waals surface area (Å²) in [7, 11) is -2.10. The Balaban J connectivity index is 1.97. The molecule has 0 bridgehead atoms. The largest absolute Gasteiger partial charge is 0.465 e. The van der Waals surface area contributed by atoms with Crippen molar-refractivity contribution in [3.8, 4) is 11.3 Å². The summed E-state index contributed by atoms with van der Waals surface area (Å²) < 4.78 is 37.2. The summed E-state index contributed by atoms with van der Waals surface area (Å²) in [5, 5.41) is 0.628. The van der Waals surface area contributed by atoms with E-state index in [1.54, 1.807) is 6.07 Å². The number of carbonyl (C=O) groups is 1. The number of methoxy groups -OCH3 is 1. The van der Waals surface area contributed by atoms with E-state index in [-0.39, 0.29) is 5.92 Å². The minimum atomic E-state index is -3.44. The maximum absolute atomic E-state index is 12.6. The van der Waals surface area contributed by atoms with Crippen LogP contribution < -0.4 is 4.72 Å². The van der Waals surface area contributed by atoms with Gasteiger partial charge in [0.1, 0.15) is 16.9 Å². The lowest BCUT2D eigenvalue weighted by molar-refractivity contribution is 0.0603. The van der Waals surface area contributed by atoms with Crippen LogP contribution in [0.15, 0.2) is 40.8 Å². The molecule has 1 saturated carbocycles. The van der Waals surface area contributed by atoms with E-state index in [2.05, 4.69) is 4.72 Å². The first-order valence-electron chi connectivity index (χ1n) is 9.00. The molecule has 4 rings (SSSR count). The zero-order valence-corrected chi connectivity index (χ0v) is 16.7. The number of ether oxygens (including phenoxy) is 1. The van der Waals surface area contributed by atoms with E-state index in [0.717, 1.165) is 35.8 Å². The third kappa shape index (κ3) is 3.49. The highest BCUT2D eigenvalue weighted by Gasteiger charge is 2.30. The Morgan fingerprint density at radius 3 is 2.43 bits per heavy atom. The molecule has 1 N–H and O–H groups in total. The lowest BCUT2D eigenvalue weighted by Gasteiger charge is -2.10. The van der Waals surface area contributed by atoms with E-state index in [9.17, 15) is 13.2 Å². The monoisotopic (exact) mass is 399 g/mol. The molecule has 0 amide bonds. The fraction of sp³-hybridized carbons (Fsp3) is 0.286. The van der Waals surface area contributed by atoms with Gasteiger partial charge in [-0.25, -0.2) is 13.2 Å². The Hall–Kier alpha value is -2.80. The summed E-state index contributed by atoms with van der Waals surface area (Å²) >= 11 is 0. The first kappa shape index (κ1) is 18.6. The molecule has 1 aromatic heterocycles. The predicted molar refractivity (Wildman–Crippen MR) is 108 cm³/mol. The summed E-state index contributed by atoms with van der Waals surface area (Å²) in [4.78, 5) is 12.6. The highest BCUT2D eigenvalue weighted by molar-refractivity contribution is 7.92. The second-order valence-corrected chi connectivity index (χ2v) is 9.00. The molecule has 0 atom stereocenters. The number of aryl methyl sites for hydroxylation is 1. The van der Waals surface area contributed by atoms with Crippen LogP contribution in [0.5, 0.6) is 0 Å². The number of esters is 1. The number of sulfonamides is 1. The van der Waals surface area contributed by atoms with Crippen molar-refractivity contribution in [2.24, 2.45) is 0 Å². The summed E-state index contributed by atoms with van der Waals surface area (Å²) in [6.07, 6.45) is 3.09. The van der Waals surface area contributed by atoms with Gasteiger partial charge in [0.2, 0.25) is 10.0 Å². The molecular formula is C21H21NO5S. The number of carbonyl (C=O) groups excluding carboxylic acids is 1. The smallest absolute Gasteiger partial charge is 0.342 e. The summed E-state index contributed by atoms with van der Waals surface area (Å²) in [5.41, 5.74) is 4.01. The van der Waals surface area contributed by atoms with Crippen molar-refractivity contribution in [1.29, 1.82) is 0 Å². The molecule has 0 radical (unpaired) electrons. The average molecular weight is 399 g/mol. The number of nitrogens with one attached hydrogen (secondary N) is 1. The van der Waals surface area contributed by atoms with Gasteiger partial charge in [-0.15, -0.1) is 0 Å². The number of hydrogen-bond acceptors (Lipinski definition) is 5. The van der Waals surface area contributed by atoms with Crippen molar-refractivity contribution in [1.82, 2.24) is 0 Å². The second kappa shape index (κ2) is 6.67. The minimum Gasteiger partial charge on any atom is -0.465 e. The lowest BCUT2D eigenvalue weighted by atomic mass is 10.0. The molecule has 146 valence electrons. The molecule has 6 nitrogen and oxygen atoms in total. The molecule has 1 aliphatic rings. The number of fused-ring (bicyclic) bond motifs is 1. The zero-order valence-electron chi connectivity index (χ0n) is 15.9. The molecule has 0 spiro atoms. The molecule has 1 fully saturated rings. The molecule has 0 saturated heterocycles. The molecule has 0 unspecified atom stereocenters. The Bertz CT molecular complexity index is 1170. The lowest BCUT2D eigenvalue weighted by Crippen LogP contribution is -2.11. The zero-order chi connectivity index (χ0) is 20.1. The molecule has 3 aromatic rings. The van der Waals surface area contributed by atoms with Crippen molar-refractivity contribution in [2.75, 3.05) is 18.1 Å². The quantitative estimate of drug-likeness (QED) is 0.641. The number of anilines is 1. The molecular weight excluding hydrogens is 378 g/mol. The number of benzene rings is 2. The van der Waals surface area contributed by atoms with Crippen LogP contribution in [0.4, 0.5) is 5.69 Å². The number of hydrogen-bond donors (Lipinski definition) is 1. The third-order valence-electron chi connectivity index (χ3n) is 4.88. The Labute approximate surface area is 163 Å². The van der Waals surface area contributed by atoms with Crippen molar-refractivity contribution in [3.05, 3.63) is 53.1 Å². The maximum atomic E-state index is 12.6. The molecule has 2 aromatic carbocycles. The summed E-state index contributed by atoms with van der Waals surface area (Å²) in [6, 6.07) is 11.2. The van der Waals surface area contributed by atoms with Gasteiger partial charge in [0, 0.05) is 17.0 Å². The molecule has 7 heteroatoms. The minimum absolute atomic E-state index is 0.275. The van der Waals surface area contributed by atoms with Crippen molar-refractivity contribution in [3.63, 3.8) is 0 Å². The van der Waals surface area contributed by atoms with Gasteiger partial charge < -0.3 is 9.15 Å². The van der Waals surface area contributed by atoms with E-state index in [1.807, 2.05) is 37.3 Å². The van der Waals surface area contributed by atoms with Crippen LogP contribution >= 0.6 is 0 Å². The van der Waals surface area contributed by atoms with Gasteiger partial charge >= 0.3 is 5.97 Å². The highest BCUT2D eigenvalue weighted by atomic mass is 32.2. The first-order valence-corrected chi connectivity index (χ1v) is 10.9. The van der Waals surface area contributed by atoms with Gasteiger partial charge in [0.15, 0.2) is 0 Å². The van der Waals surface area contributed by atoms with E-state index in [4.69, 9.17) is 9.15 Å². The molecule has 1 aliphatic carbocycles. The number of furan rings is 1. The standard InChI is InChI=1S/C21H21NO5S/c1-12-4-6-14(7-5-12)20-19(21(23)26-2)16-10-15(13-8-9-13)17(11-18(16)27-20)22-28(3,24)25/h4-7,10-11,13,22H,8-9H2,1-3H3. The third-order valence-corrected chi connectivity index (χ3v) is 5.47. The second-order valence-electron chi connectivity index (χ2n) is 7.25. The van der Waals surface area contributed by atoms with Crippen LogP contribution in [0.1, 0.15) is 40.2 Å². The van der Waals surface area contributed by atoms with Crippen LogP contribution in [0, 0.1) is 6.92 Å². The maximum Gasteiger partial charge on any atom is 0.342 e. The Morgan fingerprint density at radius 2 is 1.86 bits per heavy atom. The predicted octanol–water partition coefficient (Wildman–Crippen LogP) is 4.44. The Morgan fingerprint density at radius 1 is 1.18 bits per heavy atom. The average Bonchev–Trinajstić information content (AvgIpc) is 3.41. The fourth-order valence-corrected chi connectivity index (χ4v) is 3.97. The Kier molecular flexibility index (Phi) is 4.42. The highest BCUT2D eigenvalue weighted by Crippen LogP contribution is 2.46. The normalized spacial score (nSPS) is 14.2. The van der Waals surface area contributed by atoms with Gasteiger partial charge in [-0.2, -0.15) is 0 Å². The SMILES string of the molecule is COC(=O)c1c(-c2ccc(C)cc2)oc2cc(NS(C)(=O)=O)c(C3CC3)cc12. The van der Waals surface area contributed by atoms with Gasteiger partial charge in [-0.05, 0) is 37.3 Å². The van der Waals surface area contributed by atoms with Crippen LogP contribution in [-0.2, 0) is 14.8 Å². The summed E-state index contributed by atoms with van der Waals surface area (Å²) in [5.74, 6) is 0.205. The topological polar surface area (TPSA) is 85.6 Å². The van der Waals surface area contributed by atoms with E-state index < -0.39 is 16.0 Å². The molecule has 28 heavy (non-hydrogen) atoms. The van der Waals surface area contributed by atoms with Gasteiger partial charge in [0.25, 0.3) is 0 Å². The van der Waals surface area contributed by atoms with Gasteiger partial charge in [-0.1, -0.05) is 29.8 Å². The van der Waals surface area contributed by atoms with Crippen LogP contribution in [0.25, 0.3) is 22.3 Å².